The highest BCUT2D eigenvalue weighted by molar-refractivity contribution is 8.01. The molecule has 2 aliphatic rings. The lowest BCUT2D eigenvalue weighted by Gasteiger charge is -2.50. The maximum atomic E-state index is 14.2. The molecule has 7 N–H and O–H groups in total. The highest BCUT2D eigenvalue weighted by atomic mass is 32.2. The number of hydrazine groups is 1. The van der Waals surface area contributed by atoms with Gasteiger partial charge >= 0.3 is 17.8 Å². The lowest BCUT2D eigenvalue weighted by atomic mass is 10.0. The number of ether oxygens (including phenoxy) is 1. The molecule has 4 aromatic rings. The van der Waals surface area contributed by atoms with Gasteiger partial charge in [-0.05, 0) is 16.7 Å². The molecule has 0 radical (unpaired) electrons. The van der Waals surface area contributed by atoms with Gasteiger partial charge in [-0.25, -0.2) is 15.6 Å². The minimum Gasteiger partial charge on any atom is -0.448 e. The van der Waals surface area contributed by atoms with E-state index in [1.54, 1.807) is 10.9 Å². The van der Waals surface area contributed by atoms with Crippen LogP contribution >= 0.6 is 46.2 Å². The zero-order valence-corrected chi connectivity index (χ0v) is 28.4. The molecule has 0 spiro atoms. The van der Waals surface area contributed by atoms with E-state index in [1.807, 2.05) is 60.7 Å². The second-order valence-electron chi connectivity index (χ2n) is 10.4. The molecule has 49 heavy (non-hydrogen) atoms. The van der Waals surface area contributed by atoms with E-state index in [2.05, 4.69) is 25.8 Å². The standard InChI is InChI=1S/C30H27N9O6S4/c31-29-34-18(13-47-29)19(35-24(41)25(42)37-32)23(40)36-20-26(43)39-21(17(11-46-27(20)39)12-48-30-38-33-14-49-30)28(44)45-22(15-7-3-1-4-8-15)16-9-5-2-6-10-16/h1-10,13-14,19-20,22,27H,11-12,32H2,(H2,31,34)(H,35,41)(H,36,40)(H,37,42)/t19?,20?,27-/m0/s1. The number of carbonyl (C=O) groups excluding carboxylic acids is 5. The average molecular weight is 738 g/mol. The third-order valence-electron chi connectivity index (χ3n) is 7.39. The summed E-state index contributed by atoms with van der Waals surface area (Å²) in [6.45, 7) is 0. The van der Waals surface area contributed by atoms with Crippen molar-refractivity contribution in [1.82, 2.24) is 36.1 Å². The highest BCUT2D eigenvalue weighted by Crippen LogP contribution is 2.43. The number of hydrogen-bond donors (Lipinski definition) is 5. The maximum absolute atomic E-state index is 14.2. The van der Waals surface area contributed by atoms with Gasteiger partial charge in [-0.15, -0.1) is 33.3 Å². The van der Waals surface area contributed by atoms with Gasteiger partial charge in [0.15, 0.2) is 21.6 Å². The molecule has 252 valence electrons. The van der Waals surface area contributed by atoms with E-state index < -0.39 is 53.2 Å². The number of aromatic nitrogens is 3. The molecule has 6 rings (SSSR count). The number of benzene rings is 2. The number of rotatable bonds is 11. The van der Waals surface area contributed by atoms with Crippen molar-refractivity contribution in [2.75, 3.05) is 17.2 Å². The van der Waals surface area contributed by atoms with Gasteiger partial charge < -0.3 is 21.1 Å². The number of carbonyl (C=O) groups is 5. The Balaban J connectivity index is 1.27. The monoisotopic (exact) mass is 737 g/mol. The first-order chi connectivity index (χ1) is 23.7. The second-order valence-corrected chi connectivity index (χ2v) is 14.5. The van der Waals surface area contributed by atoms with Crippen LogP contribution in [-0.4, -0.2) is 72.6 Å². The van der Waals surface area contributed by atoms with Crippen LogP contribution in [0.5, 0.6) is 0 Å². The van der Waals surface area contributed by atoms with E-state index in [0.29, 0.717) is 21.4 Å². The fourth-order valence-electron chi connectivity index (χ4n) is 5.11. The number of thioether (sulfide) groups is 2. The maximum Gasteiger partial charge on any atom is 0.356 e. The predicted molar refractivity (Wildman–Crippen MR) is 183 cm³/mol. The fraction of sp³-hybridized carbons (Fsp3) is 0.200. The van der Waals surface area contributed by atoms with E-state index in [-0.39, 0.29) is 16.5 Å². The van der Waals surface area contributed by atoms with Gasteiger partial charge in [0.25, 0.3) is 5.91 Å². The number of nitrogens with one attached hydrogen (secondary N) is 3. The average Bonchev–Trinajstić information content (AvgIpc) is 3.82. The largest absolute Gasteiger partial charge is 0.448 e. The first kappa shape index (κ1) is 34.1. The van der Waals surface area contributed by atoms with Gasteiger partial charge in [0, 0.05) is 16.9 Å². The minimum absolute atomic E-state index is 0.0612. The van der Waals surface area contributed by atoms with Crippen LogP contribution < -0.4 is 27.6 Å². The van der Waals surface area contributed by atoms with Crippen LogP contribution in [0.2, 0.25) is 0 Å². The van der Waals surface area contributed by atoms with Gasteiger partial charge in [0.1, 0.15) is 22.6 Å². The molecule has 4 amide bonds. The van der Waals surface area contributed by atoms with Crippen molar-refractivity contribution in [2.45, 2.75) is 27.9 Å². The van der Waals surface area contributed by atoms with Crippen LogP contribution in [0.15, 0.2) is 87.2 Å². The Morgan fingerprint density at radius 1 is 1.02 bits per heavy atom. The van der Waals surface area contributed by atoms with Gasteiger partial charge in [0.2, 0.25) is 5.91 Å². The summed E-state index contributed by atoms with van der Waals surface area (Å²) in [4.78, 5) is 71.1. The number of amides is 4. The van der Waals surface area contributed by atoms with Crippen molar-refractivity contribution in [3.05, 3.63) is 99.6 Å². The van der Waals surface area contributed by atoms with Crippen molar-refractivity contribution in [3.63, 3.8) is 0 Å². The van der Waals surface area contributed by atoms with Crippen LogP contribution in [0.4, 0.5) is 5.13 Å². The number of esters is 1. The van der Waals surface area contributed by atoms with Crippen LogP contribution in [-0.2, 0) is 28.7 Å². The SMILES string of the molecule is NNC(=O)C(=O)NC(C(=O)NC1C(=O)N2C(C(=O)OC(c3ccccc3)c3ccccc3)=C(CSc3nncs3)CS[C@@H]12)c1csc(N)n1. The molecule has 2 aliphatic heterocycles. The van der Waals surface area contributed by atoms with E-state index in [0.717, 1.165) is 22.5 Å². The summed E-state index contributed by atoms with van der Waals surface area (Å²) >= 11 is 5.11. The van der Waals surface area contributed by atoms with Crippen LogP contribution in [0, 0.1) is 0 Å². The molecular weight excluding hydrogens is 711 g/mol. The van der Waals surface area contributed by atoms with Crippen LogP contribution in [0.25, 0.3) is 0 Å². The summed E-state index contributed by atoms with van der Waals surface area (Å²) in [5, 5.41) is 13.8. The molecule has 15 nitrogen and oxygen atoms in total. The second kappa shape index (κ2) is 15.2. The Hall–Kier alpha value is -4.82. The van der Waals surface area contributed by atoms with Gasteiger partial charge in [0.05, 0.1) is 5.69 Å². The van der Waals surface area contributed by atoms with Crippen molar-refractivity contribution in [1.29, 1.82) is 0 Å². The molecule has 1 fully saturated rings. The fourth-order valence-corrected chi connectivity index (χ4v) is 8.67. The third kappa shape index (κ3) is 7.44. The number of nitrogen functional groups attached to an aromatic ring is 1. The Morgan fingerprint density at radius 3 is 2.31 bits per heavy atom. The Labute approximate surface area is 295 Å². The third-order valence-corrected chi connectivity index (χ3v) is 11.4. The number of nitrogens with zero attached hydrogens (tertiary/aromatic N) is 4. The quantitative estimate of drug-likeness (QED) is 0.0280. The predicted octanol–water partition coefficient (Wildman–Crippen LogP) is 1.50. The number of anilines is 1. The van der Waals surface area contributed by atoms with Gasteiger partial charge in [-0.1, -0.05) is 83.8 Å². The van der Waals surface area contributed by atoms with Gasteiger partial charge in [-0.2, -0.15) is 0 Å². The molecule has 0 saturated carbocycles. The van der Waals surface area contributed by atoms with E-state index in [4.69, 9.17) is 16.3 Å². The smallest absolute Gasteiger partial charge is 0.356 e. The van der Waals surface area contributed by atoms with E-state index >= 15 is 0 Å². The number of β-lactam (4-membered cyclic amide) rings is 1. The lowest BCUT2D eigenvalue weighted by molar-refractivity contribution is -0.155. The van der Waals surface area contributed by atoms with Crippen molar-refractivity contribution < 1.29 is 28.7 Å². The van der Waals surface area contributed by atoms with E-state index in [9.17, 15) is 24.0 Å². The first-order valence-electron chi connectivity index (χ1n) is 14.4. The number of fused-ring (bicyclic) bond motifs is 1. The van der Waals surface area contributed by atoms with Crippen molar-refractivity contribution in [2.24, 2.45) is 5.84 Å². The molecule has 2 aromatic carbocycles. The Bertz CT molecular complexity index is 1850. The van der Waals surface area contributed by atoms with E-state index in [1.165, 1.54) is 45.1 Å². The zero-order valence-electron chi connectivity index (χ0n) is 25.2. The molecular formula is C30H27N9O6S4. The summed E-state index contributed by atoms with van der Waals surface area (Å²) in [6, 6.07) is 16.0. The molecule has 0 aliphatic carbocycles. The van der Waals surface area contributed by atoms with Crippen LogP contribution in [0.3, 0.4) is 0 Å². The topological polar surface area (TPSA) is 225 Å². The first-order valence-corrected chi connectivity index (χ1v) is 18.2. The normalized spacial score (nSPS) is 17.5. The zero-order chi connectivity index (χ0) is 34.5. The number of hydrogen-bond acceptors (Lipinski definition) is 15. The van der Waals surface area contributed by atoms with Crippen LogP contribution in [0.1, 0.15) is 29.0 Å². The summed E-state index contributed by atoms with van der Waals surface area (Å²) in [5.41, 5.74) is 11.3. The molecule has 0 bridgehead atoms. The molecule has 2 unspecified atom stereocenters. The molecule has 2 aromatic heterocycles. The summed E-state index contributed by atoms with van der Waals surface area (Å²) in [7, 11) is 0. The number of nitrogens with two attached hydrogens (primary N) is 2. The minimum atomic E-state index is -1.47. The summed E-state index contributed by atoms with van der Waals surface area (Å²) in [5.74, 6) is 1.28. The van der Waals surface area contributed by atoms with Gasteiger partial charge in [-0.3, -0.25) is 29.5 Å². The van der Waals surface area contributed by atoms with Crippen molar-refractivity contribution in [3.8, 4) is 0 Å². The molecule has 19 heteroatoms. The Kier molecular flexibility index (Phi) is 10.5. The summed E-state index contributed by atoms with van der Waals surface area (Å²) in [6.07, 6.45) is -0.764. The van der Waals surface area contributed by atoms with Crippen molar-refractivity contribution >= 4 is 80.9 Å². The summed E-state index contributed by atoms with van der Waals surface area (Å²) < 4.78 is 6.88. The highest BCUT2D eigenvalue weighted by Gasteiger charge is 2.55. The molecule has 3 atom stereocenters. The molecule has 4 heterocycles. The molecule has 1 saturated heterocycles. The lowest BCUT2D eigenvalue weighted by Crippen LogP contribution is -2.71. The Morgan fingerprint density at radius 2 is 1.71 bits per heavy atom. The number of thiazole rings is 1.